The Morgan fingerprint density at radius 2 is 2.24 bits per heavy atom. The number of aromatic nitrogens is 3. The number of fused-ring (bicyclic) bond motifs is 1. The molecule has 2 aromatic rings. The minimum absolute atomic E-state index is 0.0274. The third-order valence-corrected chi connectivity index (χ3v) is 3.83. The number of benzene rings is 1. The molecule has 1 atom stereocenters. The zero-order chi connectivity index (χ0) is 15.0. The highest BCUT2D eigenvalue weighted by Crippen LogP contribution is 2.31. The molecule has 0 radical (unpaired) electrons. The SMILES string of the molecule is O=C1C[C@H](C(=O)Nc2cccc(Cl)c2Cl)n2ncnc2N1. The summed E-state index contributed by atoms with van der Waals surface area (Å²) in [5.41, 5.74) is 0.377. The van der Waals surface area contributed by atoms with Crippen LogP contribution < -0.4 is 10.6 Å². The molecule has 2 N–H and O–H groups in total. The third kappa shape index (κ3) is 2.57. The van der Waals surface area contributed by atoms with Crippen molar-refractivity contribution in [3.63, 3.8) is 0 Å². The van der Waals surface area contributed by atoms with E-state index in [9.17, 15) is 9.59 Å². The van der Waals surface area contributed by atoms with Gasteiger partial charge < -0.3 is 5.32 Å². The molecule has 0 unspecified atom stereocenters. The maximum absolute atomic E-state index is 12.4. The van der Waals surface area contributed by atoms with Gasteiger partial charge in [0, 0.05) is 0 Å². The molecule has 1 aromatic heterocycles. The summed E-state index contributed by atoms with van der Waals surface area (Å²) in [6, 6.07) is 4.12. The van der Waals surface area contributed by atoms with E-state index in [-0.39, 0.29) is 23.3 Å². The van der Waals surface area contributed by atoms with E-state index in [1.165, 1.54) is 11.0 Å². The molecule has 0 fully saturated rings. The van der Waals surface area contributed by atoms with Gasteiger partial charge in [0.25, 0.3) is 0 Å². The summed E-state index contributed by atoms with van der Waals surface area (Å²) < 4.78 is 1.36. The van der Waals surface area contributed by atoms with Gasteiger partial charge >= 0.3 is 0 Å². The number of nitrogens with zero attached hydrogens (tertiary/aromatic N) is 3. The number of hydrogen-bond donors (Lipinski definition) is 2. The van der Waals surface area contributed by atoms with Crippen molar-refractivity contribution in [3.05, 3.63) is 34.6 Å². The predicted octanol–water partition coefficient (Wildman–Crippen LogP) is 2.11. The van der Waals surface area contributed by atoms with E-state index in [0.29, 0.717) is 10.7 Å². The first-order chi connectivity index (χ1) is 10.1. The van der Waals surface area contributed by atoms with E-state index < -0.39 is 11.9 Å². The predicted molar refractivity (Wildman–Crippen MR) is 77.4 cm³/mol. The Kier molecular flexibility index (Phi) is 3.52. The molecule has 0 saturated heterocycles. The van der Waals surface area contributed by atoms with Crippen molar-refractivity contribution >= 4 is 46.7 Å². The number of carbonyl (C=O) groups is 2. The maximum atomic E-state index is 12.4. The molecule has 0 bridgehead atoms. The van der Waals surface area contributed by atoms with Crippen LogP contribution in [-0.4, -0.2) is 26.6 Å². The van der Waals surface area contributed by atoms with Crippen LogP contribution in [0.5, 0.6) is 0 Å². The Labute approximate surface area is 129 Å². The van der Waals surface area contributed by atoms with Gasteiger partial charge in [-0.1, -0.05) is 29.3 Å². The molecule has 2 heterocycles. The van der Waals surface area contributed by atoms with Crippen molar-refractivity contribution in [2.24, 2.45) is 0 Å². The fourth-order valence-electron chi connectivity index (χ4n) is 2.03. The lowest BCUT2D eigenvalue weighted by Gasteiger charge is -2.22. The Balaban J connectivity index is 1.87. The lowest BCUT2D eigenvalue weighted by Crippen LogP contribution is -2.36. The summed E-state index contributed by atoms with van der Waals surface area (Å²) in [5, 5.41) is 9.70. The van der Waals surface area contributed by atoms with Crippen LogP contribution in [0.2, 0.25) is 10.0 Å². The fraction of sp³-hybridized carbons (Fsp3) is 0.167. The van der Waals surface area contributed by atoms with Gasteiger partial charge in [-0.05, 0) is 12.1 Å². The van der Waals surface area contributed by atoms with Gasteiger partial charge in [0.2, 0.25) is 17.8 Å². The lowest BCUT2D eigenvalue weighted by molar-refractivity contribution is -0.125. The number of rotatable bonds is 2. The minimum Gasteiger partial charge on any atom is -0.323 e. The first-order valence-corrected chi connectivity index (χ1v) is 6.76. The molecule has 1 aromatic carbocycles. The van der Waals surface area contributed by atoms with Crippen LogP contribution in [0.15, 0.2) is 24.5 Å². The van der Waals surface area contributed by atoms with Crippen LogP contribution >= 0.6 is 23.2 Å². The van der Waals surface area contributed by atoms with Crippen LogP contribution in [-0.2, 0) is 9.59 Å². The average Bonchev–Trinajstić information content (AvgIpc) is 2.90. The van der Waals surface area contributed by atoms with Crippen molar-refractivity contribution < 1.29 is 9.59 Å². The van der Waals surface area contributed by atoms with Crippen molar-refractivity contribution in [1.82, 2.24) is 14.8 Å². The highest BCUT2D eigenvalue weighted by atomic mass is 35.5. The zero-order valence-electron chi connectivity index (χ0n) is 10.5. The first-order valence-electron chi connectivity index (χ1n) is 6.00. The molecule has 0 saturated carbocycles. The van der Waals surface area contributed by atoms with Crippen molar-refractivity contribution in [2.75, 3.05) is 10.6 Å². The number of halogens is 2. The molecule has 0 aliphatic carbocycles. The smallest absolute Gasteiger partial charge is 0.249 e. The summed E-state index contributed by atoms with van der Waals surface area (Å²) in [6.45, 7) is 0. The van der Waals surface area contributed by atoms with E-state index in [2.05, 4.69) is 20.7 Å². The zero-order valence-corrected chi connectivity index (χ0v) is 12.0. The summed E-state index contributed by atoms with van der Waals surface area (Å²) in [5.74, 6) is -0.475. The summed E-state index contributed by atoms with van der Waals surface area (Å²) in [7, 11) is 0. The van der Waals surface area contributed by atoms with Crippen LogP contribution in [0, 0.1) is 0 Å². The second kappa shape index (κ2) is 5.34. The largest absolute Gasteiger partial charge is 0.323 e. The molecule has 21 heavy (non-hydrogen) atoms. The molecule has 1 aliphatic rings. The quantitative estimate of drug-likeness (QED) is 0.884. The molecule has 1 aliphatic heterocycles. The van der Waals surface area contributed by atoms with Crippen molar-refractivity contribution in [3.8, 4) is 0 Å². The van der Waals surface area contributed by atoms with Gasteiger partial charge in [-0.25, -0.2) is 4.68 Å². The molecule has 2 amide bonds. The molecule has 108 valence electrons. The number of anilines is 2. The van der Waals surface area contributed by atoms with Gasteiger partial charge in [0.05, 0.1) is 22.2 Å². The van der Waals surface area contributed by atoms with Crippen molar-refractivity contribution in [2.45, 2.75) is 12.5 Å². The number of nitrogens with one attached hydrogen (secondary N) is 2. The monoisotopic (exact) mass is 325 g/mol. The van der Waals surface area contributed by atoms with E-state index in [1.54, 1.807) is 18.2 Å². The van der Waals surface area contributed by atoms with Gasteiger partial charge in [-0.2, -0.15) is 10.1 Å². The number of carbonyl (C=O) groups excluding carboxylic acids is 2. The van der Waals surface area contributed by atoms with Gasteiger partial charge in [0.15, 0.2) is 0 Å². The average molecular weight is 326 g/mol. The Bertz CT molecular complexity index is 730. The number of amides is 2. The second-order valence-corrected chi connectivity index (χ2v) is 5.17. The van der Waals surface area contributed by atoms with E-state index in [4.69, 9.17) is 23.2 Å². The van der Waals surface area contributed by atoms with E-state index >= 15 is 0 Å². The van der Waals surface area contributed by atoms with E-state index in [0.717, 1.165) is 0 Å². The number of hydrogen-bond acceptors (Lipinski definition) is 4. The standard InChI is InChI=1S/C12H9Cl2N5O2/c13-6-2-1-3-7(10(6)14)17-11(21)8-4-9(20)18-12-15-5-16-19(8)12/h1-3,5,8H,4H2,(H,17,21)(H,15,16,18,20)/t8-/m1/s1. The lowest BCUT2D eigenvalue weighted by atomic mass is 10.1. The Morgan fingerprint density at radius 1 is 1.43 bits per heavy atom. The summed E-state index contributed by atoms with van der Waals surface area (Å²) in [4.78, 5) is 27.8. The Hall–Kier alpha value is -2.12. The third-order valence-electron chi connectivity index (χ3n) is 3.01. The van der Waals surface area contributed by atoms with Crippen LogP contribution in [0.1, 0.15) is 12.5 Å². The van der Waals surface area contributed by atoms with Crippen molar-refractivity contribution in [1.29, 1.82) is 0 Å². The maximum Gasteiger partial charge on any atom is 0.249 e. The molecule has 9 heteroatoms. The van der Waals surface area contributed by atoms with Gasteiger partial charge in [-0.3, -0.25) is 14.9 Å². The fourth-order valence-corrected chi connectivity index (χ4v) is 2.37. The highest BCUT2D eigenvalue weighted by Gasteiger charge is 2.32. The van der Waals surface area contributed by atoms with Crippen LogP contribution in [0.3, 0.4) is 0 Å². The molecule has 0 spiro atoms. The summed E-state index contributed by atoms with van der Waals surface area (Å²) >= 11 is 11.9. The molecular weight excluding hydrogens is 317 g/mol. The second-order valence-electron chi connectivity index (χ2n) is 4.39. The normalized spacial score (nSPS) is 17.0. The highest BCUT2D eigenvalue weighted by molar-refractivity contribution is 6.44. The topological polar surface area (TPSA) is 88.9 Å². The Morgan fingerprint density at radius 3 is 3.05 bits per heavy atom. The molecule has 3 rings (SSSR count). The molecular formula is C12H9Cl2N5O2. The van der Waals surface area contributed by atoms with Crippen LogP contribution in [0.4, 0.5) is 11.6 Å². The summed E-state index contributed by atoms with van der Waals surface area (Å²) in [6.07, 6.45) is 1.24. The van der Waals surface area contributed by atoms with E-state index in [1.807, 2.05) is 0 Å². The minimum atomic E-state index is -0.786. The van der Waals surface area contributed by atoms with Gasteiger partial charge in [0.1, 0.15) is 12.4 Å². The molecule has 7 nitrogen and oxygen atoms in total. The van der Waals surface area contributed by atoms with Crippen LogP contribution in [0.25, 0.3) is 0 Å². The van der Waals surface area contributed by atoms with Gasteiger partial charge in [-0.15, -0.1) is 0 Å². The first kappa shape index (κ1) is 13.8.